The Bertz CT molecular complexity index is 404. The van der Waals surface area contributed by atoms with Crippen LogP contribution in [0.3, 0.4) is 0 Å². The van der Waals surface area contributed by atoms with E-state index in [0.717, 1.165) is 23.3 Å². The first-order valence-corrected chi connectivity index (χ1v) is 8.31. The third kappa shape index (κ3) is 6.27. The summed E-state index contributed by atoms with van der Waals surface area (Å²) in [5.41, 5.74) is 1.61. The molecule has 0 aliphatic rings. The van der Waals surface area contributed by atoms with Crippen molar-refractivity contribution in [1.82, 2.24) is 5.32 Å². The first-order valence-electron chi connectivity index (χ1n) is 7.51. The molecule has 0 saturated carbocycles. The number of methoxy groups -OCH3 is 1. The fraction of sp³-hybridized carbons (Fsp3) is 0.647. The minimum absolute atomic E-state index is 0.362. The average Bonchev–Trinajstić information content (AvgIpc) is 2.41. The van der Waals surface area contributed by atoms with Crippen LogP contribution in [0.2, 0.25) is 0 Å². The predicted octanol–water partition coefficient (Wildman–Crippen LogP) is 5.15. The molecule has 0 fully saturated rings. The van der Waals surface area contributed by atoms with Gasteiger partial charge in [-0.25, -0.2) is 0 Å². The molecule has 0 amide bonds. The standard InChI is InChI=1S/C17H28BrNO/c1-5-6-7-10-17(2,3)13-19-12-14-11-15(20-4)8-9-16(14)18/h8-9,11,19H,5-7,10,12-13H2,1-4H3. The zero-order chi connectivity index (χ0) is 15.0. The van der Waals surface area contributed by atoms with E-state index in [0.29, 0.717) is 5.41 Å². The van der Waals surface area contributed by atoms with Crippen LogP contribution >= 0.6 is 15.9 Å². The third-order valence-corrected chi connectivity index (χ3v) is 4.40. The first kappa shape index (κ1) is 17.5. The highest BCUT2D eigenvalue weighted by Gasteiger charge is 2.16. The molecule has 0 aromatic heterocycles. The maximum Gasteiger partial charge on any atom is 0.119 e. The van der Waals surface area contributed by atoms with Crippen molar-refractivity contribution >= 4 is 15.9 Å². The Morgan fingerprint density at radius 1 is 1.25 bits per heavy atom. The number of hydrogen-bond acceptors (Lipinski definition) is 2. The lowest BCUT2D eigenvalue weighted by Crippen LogP contribution is -2.29. The summed E-state index contributed by atoms with van der Waals surface area (Å²) >= 11 is 3.60. The largest absolute Gasteiger partial charge is 0.497 e. The summed E-state index contributed by atoms with van der Waals surface area (Å²) in [7, 11) is 1.71. The molecule has 1 aromatic rings. The van der Waals surface area contributed by atoms with Crippen molar-refractivity contribution in [3.63, 3.8) is 0 Å². The van der Waals surface area contributed by atoms with Crippen LogP contribution in [0.4, 0.5) is 0 Å². The summed E-state index contributed by atoms with van der Waals surface area (Å²) in [6.07, 6.45) is 5.24. The molecule has 1 rings (SSSR count). The Balaban J connectivity index is 2.43. The molecule has 2 nitrogen and oxygen atoms in total. The lowest BCUT2D eigenvalue weighted by atomic mass is 9.87. The fourth-order valence-corrected chi connectivity index (χ4v) is 2.68. The van der Waals surface area contributed by atoms with Gasteiger partial charge in [0.1, 0.15) is 5.75 Å². The number of rotatable bonds is 9. The second-order valence-corrected chi connectivity index (χ2v) is 7.04. The first-order chi connectivity index (χ1) is 9.48. The fourth-order valence-electron chi connectivity index (χ4n) is 2.29. The van der Waals surface area contributed by atoms with Crippen LogP contribution in [0.5, 0.6) is 5.75 Å². The molecule has 114 valence electrons. The summed E-state index contributed by atoms with van der Waals surface area (Å²) in [4.78, 5) is 0. The van der Waals surface area contributed by atoms with E-state index in [2.05, 4.69) is 48.1 Å². The zero-order valence-electron chi connectivity index (χ0n) is 13.3. The van der Waals surface area contributed by atoms with Gasteiger partial charge in [-0.1, -0.05) is 56.0 Å². The smallest absolute Gasteiger partial charge is 0.119 e. The molecular formula is C17H28BrNO. The Kier molecular flexibility index (Phi) is 7.60. The predicted molar refractivity (Wildman–Crippen MR) is 90.3 cm³/mol. The van der Waals surface area contributed by atoms with E-state index >= 15 is 0 Å². The number of halogens is 1. The number of benzene rings is 1. The summed E-state index contributed by atoms with van der Waals surface area (Å²) in [5.74, 6) is 0.909. The Hall–Kier alpha value is -0.540. The van der Waals surface area contributed by atoms with Gasteiger partial charge in [-0.3, -0.25) is 0 Å². The molecule has 0 bridgehead atoms. The highest BCUT2D eigenvalue weighted by Crippen LogP contribution is 2.25. The Morgan fingerprint density at radius 2 is 2.00 bits per heavy atom. The molecule has 0 unspecified atom stereocenters. The van der Waals surface area contributed by atoms with Crippen LogP contribution in [-0.4, -0.2) is 13.7 Å². The molecule has 0 saturated heterocycles. The Morgan fingerprint density at radius 3 is 2.65 bits per heavy atom. The zero-order valence-corrected chi connectivity index (χ0v) is 14.8. The molecule has 0 aliphatic heterocycles. The van der Waals surface area contributed by atoms with E-state index < -0.39 is 0 Å². The van der Waals surface area contributed by atoms with Crippen LogP contribution in [0.25, 0.3) is 0 Å². The van der Waals surface area contributed by atoms with Crippen LogP contribution in [0.15, 0.2) is 22.7 Å². The van der Waals surface area contributed by atoms with Gasteiger partial charge in [0.15, 0.2) is 0 Å². The number of unbranched alkanes of at least 4 members (excludes halogenated alkanes) is 2. The molecule has 20 heavy (non-hydrogen) atoms. The molecule has 0 aliphatic carbocycles. The second-order valence-electron chi connectivity index (χ2n) is 6.18. The molecule has 0 spiro atoms. The highest BCUT2D eigenvalue weighted by molar-refractivity contribution is 9.10. The molecule has 0 heterocycles. The molecule has 0 atom stereocenters. The van der Waals surface area contributed by atoms with Gasteiger partial charge in [0.05, 0.1) is 7.11 Å². The van der Waals surface area contributed by atoms with Crippen molar-refractivity contribution in [3.8, 4) is 5.75 Å². The molecule has 3 heteroatoms. The normalized spacial score (nSPS) is 11.7. The van der Waals surface area contributed by atoms with Gasteiger partial charge < -0.3 is 10.1 Å². The third-order valence-electron chi connectivity index (χ3n) is 3.63. The summed E-state index contributed by atoms with van der Waals surface area (Å²) in [6, 6.07) is 6.10. The lowest BCUT2D eigenvalue weighted by Gasteiger charge is -2.25. The maximum absolute atomic E-state index is 5.27. The van der Waals surface area contributed by atoms with Crippen LogP contribution in [0.1, 0.15) is 52.0 Å². The highest BCUT2D eigenvalue weighted by atomic mass is 79.9. The minimum atomic E-state index is 0.362. The van der Waals surface area contributed by atoms with E-state index in [4.69, 9.17) is 4.74 Å². The van der Waals surface area contributed by atoms with Crippen molar-refractivity contribution in [2.24, 2.45) is 5.41 Å². The summed E-state index contributed by atoms with van der Waals surface area (Å²) < 4.78 is 6.41. The summed E-state index contributed by atoms with van der Waals surface area (Å²) in [6.45, 7) is 8.85. The molecule has 1 N–H and O–H groups in total. The van der Waals surface area contributed by atoms with Crippen molar-refractivity contribution < 1.29 is 4.74 Å². The Labute approximate surface area is 132 Å². The van der Waals surface area contributed by atoms with Crippen LogP contribution in [0, 0.1) is 5.41 Å². The maximum atomic E-state index is 5.27. The second kappa shape index (κ2) is 8.68. The molecule has 0 radical (unpaired) electrons. The van der Waals surface area contributed by atoms with Gasteiger partial charge in [0.2, 0.25) is 0 Å². The van der Waals surface area contributed by atoms with Gasteiger partial charge in [-0.05, 0) is 35.6 Å². The van der Waals surface area contributed by atoms with Crippen molar-refractivity contribution in [2.75, 3.05) is 13.7 Å². The van der Waals surface area contributed by atoms with Gasteiger partial charge in [-0.2, -0.15) is 0 Å². The number of nitrogens with one attached hydrogen (secondary N) is 1. The topological polar surface area (TPSA) is 21.3 Å². The lowest BCUT2D eigenvalue weighted by molar-refractivity contribution is 0.301. The van der Waals surface area contributed by atoms with E-state index in [-0.39, 0.29) is 0 Å². The summed E-state index contributed by atoms with van der Waals surface area (Å²) in [5, 5.41) is 3.58. The average molecular weight is 342 g/mol. The van der Waals surface area contributed by atoms with Crippen molar-refractivity contribution in [1.29, 1.82) is 0 Å². The number of hydrogen-bond donors (Lipinski definition) is 1. The van der Waals surface area contributed by atoms with Crippen molar-refractivity contribution in [2.45, 2.75) is 53.0 Å². The number of ether oxygens (including phenoxy) is 1. The molecular weight excluding hydrogens is 314 g/mol. The monoisotopic (exact) mass is 341 g/mol. The van der Waals surface area contributed by atoms with Gasteiger partial charge >= 0.3 is 0 Å². The van der Waals surface area contributed by atoms with Gasteiger partial charge in [-0.15, -0.1) is 0 Å². The van der Waals surface area contributed by atoms with Gasteiger partial charge in [0.25, 0.3) is 0 Å². The van der Waals surface area contributed by atoms with Crippen LogP contribution in [-0.2, 0) is 6.54 Å². The van der Waals surface area contributed by atoms with E-state index in [1.807, 2.05) is 12.1 Å². The van der Waals surface area contributed by atoms with Crippen LogP contribution < -0.4 is 10.1 Å². The van der Waals surface area contributed by atoms with E-state index in [9.17, 15) is 0 Å². The minimum Gasteiger partial charge on any atom is -0.497 e. The quantitative estimate of drug-likeness (QED) is 0.626. The van der Waals surface area contributed by atoms with Crippen molar-refractivity contribution in [3.05, 3.63) is 28.2 Å². The van der Waals surface area contributed by atoms with E-state index in [1.54, 1.807) is 7.11 Å². The SMILES string of the molecule is CCCCCC(C)(C)CNCc1cc(OC)ccc1Br. The molecule has 1 aromatic carbocycles. The van der Waals surface area contributed by atoms with E-state index in [1.165, 1.54) is 31.2 Å². The van der Waals surface area contributed by atoms with Gasteiger partial charge in [0, 0.05) is 17.6 Å².